The maximum atomic E-state index is 9.71. The van der Waals surface area contributed by atoms with Crippen LogP contribution in [0.4, 0.5) is 0 Å². The topological polar surface area (TPSA) is 43.7 Å². The normalized spacial score (nSPS) is 10.6. The highest BCUT2D eigenvalue weighted by molar-refractivity contribution is 5.85. The molecule has 0 atom stereocenters. The fourth-order valence-corrected chi connectivity index (χ4v) is 3.21. The fourth-order valence-electron chi connectivity index (χ4n) is 3.21. The van der Waals surface area contributed by atoms with Gasteiger partial charge in [0.05, 0.1) is 0 Å². The second kappa shape index (κ2) is 11.4. The summed E-state index contributed by atoms with van der Waals surface area (Å²) >= 11 is 0. The van der Waals surface area contributed by atoms with E-state index in [1.54, 1.807) is 12.1 Å². The van der Waals surface area contributed by atoms with E-state index in [0.29, 0.717) is 0 Å². The molecule has 0 aromatic heterocycles. The molecule has 0 aliphatic carbocycles. The first-order valence-electron chi connectivity index (χ1n) is 9.52. The molecule has 0 amide bonds. The van der Waals surface area contributed by atoms with Gasteiger partial charge in [-0.3, -0.25) is 0 Å². The molecule has 3 nitrogen and oxygen atoms in total. The molecule has 28 heavy (non-hydrogen) atoms. The van der Waals surface area contributed by atoms with Crippen LogP contribution in [-0.2, 0) is 19.3 Å². The summed E-state index contributed by atoms with van der Waals surface area (Å²) in [5, 5.41) is 19.2. The third-order valence-electron chi connectivity index (χ3n) is 4.88. The van der Waals surface area contributed by atoms with Gasteiger partial charge in [-0.1, -0.05) is 66.7 Å². The molecule has 2 N–H and O–H groups in total. The van der Waals surface area contributed by atoms with Crippen molar-refractivity contribution in [2.24, 2.45) is 0 Å². The average Bonchev–Trinajstić information content (AvgIpc) is 2.71. The third kappa shape index (κ3) is 6.91. The van der Waals surface area contributed by atoms with Crippen LogP contribution in [0.25, 0.3) is 0 Å². The van der Waals surface area contributed by atoms with Crippen molar-refractivity contribution in [2.75, 3.05) is 19.6 Å². The van der Waals surface area contributed by atoms with E-state index in [1.165, 1.54) is 11.1 Å². The van der Waals surface area contributed by atoms with Crippen LogP contribution in [-0.4, -0.2) is 34.7 Å². The molecule has 0 aliphatic rings. The van der Waals surface area contributed by atoms with E-state index in [0.717, 1.165) is 44.5 Å². The minimum absolute atomic E-state index is 0. The maximum absolute atomic E-state index is 9.71. The zero-order valence-electron chi connectivity index (χ0n) is 16.0. The number of phenolic OH excluding ortho intramolecular Hbond substituents is 2. The lowest BCUT2D eigenvalue weighted by Gasteiger charge is -2.22. The van der Waals surface area contributed by atoms with Crippen LogP contribution in [0.2, 0.25) is 0 Å². The van der Waals surface area contributed by atoms with E-state index in [1.807, 2.05) is 18.2 Å². The number of rotatable bonds is 9. The van der Waals surface area contributed by atoms with Crippen molar-refractivity contribution < 1.29 is 10.2 Å². The molecule has 0 saturated carbocycles. The Balaban J connectivity index is 0.00000280. The number of aromatic hydroxyl groups is 2. The summed E-state index contributed by atoms with van der Waals surface area (Å²) in [6.45, 7) is 2.92. The smallest absolute Gasteiger partial charge is 0.157 e. The number of hydrogen-bond donors (Lipinski definition) is 2. The van der Waals surface area contributed by atoms with Crippen molar-refractivity contribution in [2.45, 2.75) is 19.3 Å². The zero-order valence-corrected chi connectivity index (χ0v) is 16.8. The van der Waals surface area contributed by atoms with Crippen LogP contribution in [0.15, 0.2) is 78.9 Å². The van der Waals surface area contributed by atoms with Gasteiger partial charge in [0.1, 0.15) is 0 Å². The van der Waals surface area contributed by atoms with Gasteiger partial charge >= 0.3 is 0 Å². The summed E-state index contributed by atoms with van der Waals surface area (Å²) in [6, 6.07) is 26.2. The summed E-state index contributed by atoms with van der Waals surface area (Å²) in [5.41, 5.74) is 3.74. The van der Waals surface area contributed by atoms with Crippen LogP contribution in [0.1, 0.15) is 16.7 Å². The number of hydrogen-bond acceptors (Lipinski definition) is 3. The standard InChI is InChI=1S/C24H27NO2.ClH/c26-23-12-11-22(19-24(23)27)15-18-25(16-13-20-7-3-1-4-8-20)17-14-21-9-5-2-6-10-21;/h1-12,19,26-27H,13-18H2;1H. The molecule has 3 rings (SSSR count). The van der Waals surface area contributed by atoms with Gasteiger partial charge in [-0.2, -0.15) is 0 Å². The number of benzene rings is 3. The molecule has 3 aromatic rings. The van der Waals surface area contributed by atoms with Crippen LogP contribution >= 0.6 is 12.4 Å². The van der Waals surface area contributed by atoms with Crippen molar-refractivity contribution in [1.29, 1.82) is 0 Å². The van der Waals surface area contributed by atoms with Crippen molar-refractivity contribution in [3.8, 4) is 11.5 Å². The van der Waals surface area contributed by atoms with Crippen LogP contribution in [0, 0.1) is 0 Å². The van der Waals surface area contributed by atoms with Crippen LogP contribution in [0.5, 0.6) is 11.5 Å². The van der Waals surface area contributed by atoms with Gasteiger partial charge in [-0.25, -0.2) is 0 Å². The molecule has 0 aliphatic heterocycles. The molecule has 0 bridgehead atoms. The Morgan fingerprint density at radius 2 is 1.00 bits per heavy atom. The summed E-state index contributed by atoms with van der Waals surface area (Å²) in [6.07, 6.45) is 2.89. The highest BCUT2D eigenvalue weighted by atomic mass is 35.5. The summed E-state index contributed by atoms with van der Waals surface area (Å²) in [4.78, 5) is 2.48. The number of nitrogens with zero attached hydrogens (tertiary/aromatic N) is 1. The Bertz CT molecular complexity index is 781. The predicted molar refractivity (Wildman–Crippen MR) is 117 cm³/mol. The Morgan fingerprint density at radius 1 is 0.536 bits per heavy atom. The molecule has 4 heteroatoms. The minimum Gasteiger partial charge on any atom is -0.504 e. The van der Waals surface area contributed by atoms with Crippen LogP contribution < -0.4 is 0 Å². The highest BCUT2D eigenvalue weighted by Gasteiger charge is 2.08. The molecule has 0 unspecified atom stereocenters. The Kier molecular flexibility index (Phi) is 8.86. The molecule has 3 aromatic carbocycles. The van der Waals surface area contributed by atoms with Gasteiger partial charge < -0.3 is 15.1 Å². The third-order valence-corrected chi connectivity index (χ3v) is 4.88. The highest BCUT2D eigenvalue weighted by Crippen LogP contribution is 2.25. The molecule has 0 spiro atoms. The predicted octanol–water partition coefficient (Wildman–Crippen LogP) is 4.85. The van der Waals surface area contributed by atoms with E-state index in [4.69, 9.17) is 0 Å². The Labute approximate surface area is 173 Å². The molecule has 0 saturated heterocycles. The van der Waals surface area contributed by atoms with Crippen molar-refractivity contribution in [1.82, 2.24) is 4.90 Å². The lowest BCUT2D eigenvalue weighted by atomic mass is 10.1. The molecule has 0 radical (unpaired) electrons. The quantitative estimate of drug-likeness (QED) is 0.507. The Hall–Kier alpha value is -2.49. The lowest BCUT2D eigenvalue weighted by Crippen LogP contribution is -2.30. The van der Waals surface area contributed by atoms with Gasteiger partial charge in [0.15, 0.2) is 11.5 Å². The first-order chi connectivity index (χ1) is 13.2. The van der Waals surface area contributed by atoms with Gasteiger partial charge in [0, 0.05) is 19.6 Å². The molecular weight excluding hydrogens is 370 g/mol. The second-order valence-corrected chi connectivity index (χ2v) is 6.89. The first kappa shape index (κ1) is 21.8. The molecular formula is C24H28ClNO2. The van der Waals surface area contributed by atoms with E-state index >= 15 is 0 Å². The largest absolute Gasteiger partial charge is 0.504 e. The van der Waals surface area contributed by atoms with E-state index < -0.39 is 0 Å². The van der Waals surface area contributed by atoms with Gasteiger partial charge in [0.2, 0.25) is 0 Å². The average molecular weight is 398 g/mol. The van der Waals surface area contributed by atoms with Crippen molar-refractivity contribution >= 4 is 12.4 Å². The maximum Gasteiger partial charge on any atom is 0.157 e. The van der Waals surface area contributed by atoms with Crippen LogP contribution in [0.3, 0.4) is 0 Å². The monoisotopic (exact) mass is 397 g/mol. The van der Waals surface area contributed by atoms with Crippen molar-refractivity contribution in [3.05, 3.63) is 95.6 Å². The fraction of sp³-hybridized carbons (Fsp3) is 0.250. The molecule has 0 fully saturated rings. The van der Waals surface area contributed by atoms with E-state index in [2.05, 4.69) is 53.4 Å². The second-order valence-electron chi connectivity index (χ2n) is 6.89. The summed E-state index contributed by atoms with van der Waals surface area (Å²) in [7, 11) is 0. The summed E-state index contributed by atoms with van der Waals surface area (Å²) < 4.78 is 0. The Morgan fingerprint density at radius 3 is 1.46 bits per heavy atom. The van der Waals surface area contributed by atoms with Crippen molar-refractivity contribution in [3.63, 3.8) is 0 Å². The number of halogens is 1. The summed E-state index contributed by atoms with van der Waals surface area (Å²) in [5.74, 6) is -0.114. The number of phenols is 2. The lowest BCUT2D eigenvalue weighted by molar-refractivity contribution is 0.283. The molecule has 148 valence electrons. The van der Waals surface area contributed by atoms with Gasteiger partial charge in [0.25, 0.3) is 0 Å². The SMILES string of the molecule is Cl.Oc1ccc(CCN(CCc2ccccc2)CCc2ccccc2)cc1O. The minimum atomic E-state index is -0.0660. The van der Waals surface area contributed by atoms with Gasteiger partial charge in [-0.15, -0.1) is 12.4 Å². The first-order valence-corrected chi connectivity index (χ1v) is 9.52. The van der Waals surface area contributed by atoms with E-state index in [9.17, 15) is 10.2 Å². The van der Waals surface area contributed by atoms with Gasteiger partial charge in [-0.05, 0) is 48.1 Å². The van der Waals surface area contributed by atoms with E-state index in [-0.39, 0.29) is 23.9 Å². The zero-order chi connectivity index (χ0) is 18.9. The molecule has 0 heterocycles.